The van der Waals surface area contributed by atoms with Gasteiger partial charge in [-0.05, 0) is 17.5 Å². The molecule has 0 N–H and O–H groups in total. The Hall–Kier alpha value is -1.51. The number of hydrogen-bond donors (Lipinski definition) is 0. The summed E-state index contributed by atoms with van der Waals surface area (Å²) in [7, 11) is 0. The molecule has 1 rings (SSSR count). The van der Waals surface area contributed by atoms with Gasteiger partial charge in [0.2, 0.25) is 0 Å². The number of ether oxygens (including phenoxy) is 1. The molecule has 1 heterocycles. The minimum atomic E-state index is -0.346. The van der Waals surface area contributed by atoms with Crippen LogP contribution in [0.2, 0.25) is 0 Å². The number of esters is 1. The van der Waals surface area contributed by atoms with Crippen molar-refractivity contribution in [2.45, 2.75) is 27.4 Å². The summed E-state index contributed by atoms with van der Waals surface area (Å²) in [5.41, 5.74) is -0.0102. The molecule has 15 heavy (non-hydrogen) atoms. The number of rotatable bonds is 3. The van der Waals surface area contributed by atoms with Crippen molar-refractivity contribution in [3.8, 4) is 0 Å². The Morgan fingerprint density at radius 2 is 2.27 bits per heavy atom. The highest BCUT2D eigenvalue weighted by atomic mass is 16.5. The molecule has 0 aliphatic rings. The molecule has 82 valence electrons. The predicted octanol–water partition coefficient (Wildman–Crippen LogP) is 2.93. The number of hydrogen-bond acceptors (Lipinski definition) is 3. The van der Waals surface area contributed by atoms with Gasteiger partial charge in [-0.1, -0.05) is 26.8 Å². The van der Waals surface area contributed by atoms with Gasteiger partial charge in [-0.3, -0.25) is 0 Å². The molecule has 0 atom stereocenters. The van der Waals surface area contributed by atoms with Crippen molar-refractivity contribution in [3.05, 3.63) is 36.3 Å². The Morgan fingerprint density at radius 1 is 1.53 bits per heavy atom. The lowest BCUT2D eigenvalue weighted by molar-refractivity contribution is -0.139. The van der Waals surface area contributed by atoms with Crippen LogP contribution < -0.4 is 0 Å². The van der Waals surface area contributed by atoms with Crippen molar-refractivity contribution < 1.29 is 13.9 Å². The lowest BCUT2D eigenvalue weighted by Crippen LogP contribution is -2.04. The molecule has 0 amide bonds. The number of furan rings is 1. The van der Waals surface area contributed by atoms with Gasteiger partial charge in [0.05, 0.1) is 6.26 Å². The van der Waals surface area contributed by atoms with E-state index in [9.17, 15) is 4.79 Å². The molecule has 1 aromatic heterocycles. The standard InChI is InChI=1S/C12H16O3/c1-12(2,3)7-6-11(13)15-9-10-5-4-8-14-10/h4-8H,9H2,1-3H3/b7-6+. The van der Waals surface area contributed by atoms with Crippen LogP contribution in [0.15, 0.2) is 35.0 Å². The quantitative estimate of drug-likeness (QED) is 0.566. The summed E-state index contributed by atoms with van der Waals surface area (Å²) >= 11 is 0. The van der Waals surface area contributed by atoms with Gasteiger partial charge in [-0.15, -0.1) is 0 Å². The maximum Gasteiger partial charge on any atom is 0.330 e. The molecule has 3 heteroatoms. The molecule has 0 fully saturated rings. The van der Waals surface area contributed by atoms with Gasteiger partial charge >= 0.3 is 5.97 Å². The van der Waals surface area contributed by atoms with Crippen LogP contribution in [0.5, 0.6) is 0 Å². The first-order chi connectivity index (χ1) is 6.97. The van der Waals surface area contributed by atoms with Crippen LogP contribution in [-0.2, 0) is 16.1 Å². The van der Waals surface area contributed by atoms with Crippen LogP contribution in [0.3, 0.4) is 0 Å². The van der Waals surface area contributed by atoms with Crippen molar-refractivity contribution in [1.29, 1.82) is 0 Å². The first kappa shape index (κ1) is 11.6. The van der Waals surface area contributed by atoms with Crippen LogP contribution >= 0.6 is 0 Å². The fraction of sp³-hybridized carbons (Fsp3) is 0.417. The van der Waals surface area contributed by atoms with E-state index in [4.69, 9.17) is 9.15 Å². The topological polar surface area (TPSA) is 39.4 Å². The zero-order valence-corrected chi connectivity index (χ0v) is 9.32. The zero-order valence-electron chi connectivity index (χ0n) is 9.32. The van der Waals surface area contributed by atoms with Gasteiger partial charge in [-0.2, -0.15) is 0 Å². The van der Waals surface area contributed by atoms with Gasteiger partial charge in [0.25, 0.3) is 0 Å². The van der Waals surface area contributed by atoms with E-state index in [1.165, 1.54) is 6.08 Å². The van der Waals surface area contributed by atoms with E-state index in [0.29, 0.717) is 5.76 Å². The molecule has 0 saturated carbocycles. The van der Waals surface area contributed by atoms with Gasteiger partial charge in [0.1, 0.15) is 12.4 Å². The highest BCUT2D eigenvalue weighted by Crippen LogP contribution is 2.14. The fourth-order valence-corrected chi connectivity index (χ4v) is 0.903. The van der Waals surface area contributed by atoms with Gasteiger partial charge < -0.3 is 9.15 Å². The Bertz CT molecular complexity index is 328. The van der Waals surface area contributed by atoms with Gasteiger partial charge in [0, 0.05) is 6.08 Å². The van der Waals surface area contributed by atoms with E-state index in [-0.39, 0.29) is 18.0 Å². The van der Waals surface area contributed by atoms with E-state index in [1.54, 1.807) is 18.4 Å². The SMILES string of the molecule is CC(C)(C)/C=C/C(=O)OCc1ccco1. The fourth-order valence-electron chi connectivity index (χ4n) is 0.903. The maximum atomic E-state index is 11.2. The molecule has 0 aliphatic heterocycles. The Labute approximate surface area is 89.7 Å². The smallest absolute Gasteiger partial charge is 0.330 e. The number of allylic oxidation sites excluding steroid dienone is 1. The second-order valence-corrected chi connectivity index (χ2v) is 4.39. The van der Waals surface area contributed by atoms with Crippen molar-refractivity contribution >= 4 is 5.97 Å². The summed E-state index contributed by atoms with van der Waals surface area (Å²) in [6.45, 7) is 6.23. The maximum absolute atomic E-state index is 11.2. The third kappa shape index (κ3) is 5.05. The monoisotopic (exact) mass is 208 g/mol. The third-order valence-corrected chi connectivity index (χ3v) is 1.66. The van der Waals surface area contributed by atoms with Crippen LogP contribution in [0.1, 0.15) is 26.5 Å². The summed E-state index contributed by atoms with van der Waals surface area (Å²) in [4.78, 5) is 11.2. The lowest BCUT2D eigenvalue weighted by Gasteiger charge is -2.10. The van der Waals surface area contributed by atoms with Crippen molar-refractivity contribution in [2.75, 3.05) is 0 Å². The first-order valence-corrected chi connectivity index (χ1v) is 4.86. The van der Waals surface area contributed by atoms with E-state index in [2.05, 4.69) is 0 Å². The molecule has 0 bridgehead atoms. The van der Waals surface area contributed by atoms with E-state index >= 15 is 0 Å². The van der Waals surface area contributed by atoms with Crippen molar-refractivity contribution in [3.63, 3.8) is 0 Å². The van der Waals surface area contributed by atoms with Gasteiger partial charge in [-0.25, -0.2) is 4.79 Å². The highest BCUT2D eigenvalue weighted by molar-refractivity contribution is 5.81. The van der Waals surface area contributed by atoms with Crippen molar-refractivity contribution in [2.24, 2.45) is 5.41 Å². The molecule has 0 aromatic carbocycles. The highest BCUT2D eigenvalue weighted by Gasteiger charge is 2.06. The average molecular weight is 208 g/mol. The minimum absolute atomic E-state index is 0.0102. The largest absolute Gasteiger partial charge is 0.466 e. The Kier molecular flexibility index (Phi) is 3.72. The zero-order chi connectivity index (χ0) is 11.3. The van der Waals surface area contributed by atoms with Crippen molar-refractivity contribution in [1.82, 2.24) is 0 Å². The molecular weight excluding hydrogens is 192 g/mol. The van der Waals surface area contributed by atoms with E-state index in [1.807, 2.05) is 26.8 Å². The molecule has 0 radical (unpaired) electrons. The molecule has 1 aromatic rings. The first-order valence-electron chi connectivity index (χ1n) is 4.86. The number of carbonyl (C=O) groups excluding carboxylic acids is 1. The van der Waals surface area contributed by atoms with E-state index < -0.39 is 0 Å². The molecule has 0 unspecified atom stereocenters. The van der Waals surface area contributed by atoms with Crippen LogP contribution in [0.4, 0.5) is 0 Å². The summed E-state index contributed by atoms with van der Waals surface area (Å²) in [5.74, 6) is 0.300. The average Bonchev–Trinajstić information content (AvgIpc) is 2.62. The van der Waals surface area contributed by atoms with E-state index in [0.717, 1.165) is 0 Å². The Morgan fingerprint density at radius 3 is 2.80 bits per heavy atom. The molecule has 0 aliphatic carbocycles. The summed E-state index contributed by atoms with van der Waals surface area (Å²) in [5, 5.41) is 0. The second-order valence-electron chi connectivity index (χ2n) is 4.39. The number of carbonyl (C=O) groups is 1. The third-order valence-electron chi connectivity index (χ3n) is 1.66. The second kappa shape index (κ2) is 4.82. The molecule has 0 saturated heterocycles. The Balaban J connectivity index is 2.34. The normalized spacial score (nSPS) is 11.9. The van der Waals surface area contributed by atoms with Crippen LogP contribution in [-0.4, -0.2) is 5.97 Å². The van der Waals surface area contributed by atoms with Gasteiger partial charge in [0.15, 0.2) is 0 Å². The predicted molar refractivity (Wildman–Crippen MR) is 57.1 cm³/mol. The van der Waals surface area contributed by atoms with Crippen LogP contribution in [0, 0.1) is 5.41 Å². The summed E-state index contributed by atoms with van der Waals surface area (Å²) in [6.07, 6.45) is 4.81. The molecular formula is C12H16O3. The molecule has 3 nitrogen and oxygen atoms in total. The molecule has 0 spiro atoms. The lowest BCUT2D eigenvalue weighted by atomic mass is 9.96. The summed E-state index contributed by atoms with van der Waals surface area (Å²) in [6, 6.07) is 3.52. The minimum Gasteiger partial charge on any atom is -0.466 e. The van der Waals surface area contributed by atoms with Crippen LogP contribution in [0.25, 0.3) is 0 Å². The summed E-state index contributed by atoms with van der Waals surface area (Å²) < 4.78 is 9.99.